The Morgan fingerprint density at radius 2 is 1.85 bits per heavy atom. The van der Waals surface area contributed by atoms with Gasteiger partial charge in [0.1, 0.15) is 0 Å². The number of nitro benzene ring substituents is 1. The van der Waals surface area contributed by atoms with Gasteiger partial charge in [-0.15, -0.1) is 0 Å². The van der Waals surface area contributed by atoms with E-state index in [0.717, 1.165) is 43.5 Å². The molecule has 1 heterocycles. The summed E-state index contributed by atoms with van der Waals surface area (Å²) in [7, 11) is 0. The second-order valence-corrected chi connectivity index (χ2v) is 9.06. The van der Waals surface area contributed by atoms with Crippen molar-refractivity contribution in [1.29, 1.82) is 0 Å². The van der Waals surface area contributed by atoms with Crippen LogP contribution in [0, 0.1) is 17.0 Å². The van der Waals surface area contributed by atoms with Crippen LogP contribution < -0.4 is 0 Å². The molecule has 1 aliphatic carbocycles. The molecule has 3 aromatic rings. The lowest BCUT2D eigenvalue weighted by atomic mass is 9.94. The average Bonchev–Trinajstić information content (AvgIpc) is 3.28. The first-order valence-electron chi connectivity index (χ1n) is 11.9. The normalized spacial score (nSPS) is 14.4. The van der Waals surface area contributed by atoms with E-state index in [1.807, 2.05) is 11.0 Å². The summed E-state index contributed by atoms with van der Waals surface area (Å²) in [5.74, 6) is -0.0199. The lowest BCUT2D eigenvalue weighted by Gasteiger charge is -2.34. The van der Waals surface area contributed by atoms with Gasteiger partial charge in [0.25, 0.3) is 5.69 Å². The number of benzene rings is 2. The quantitative estimate of drug-likeness (QED) is 0.232. The number of carbonyl (C=O) groups excluding carboxylic acids is 1. The second kappa shape index (κ2) is 11.0. The van der Waals surface area contributed by atoms with Crippen molar-refractivity contribution in [3.05, 3.63) is 105 Å². The predicted molar refractivity (Wildman–Crippen MR) is 134 cm³/mol. The van der Waals surface area contributed by atoms with Crippen LogP contribution in [0.1, 0.15) is 54.5 Å². The summed E-state index contributed by atoms with van der Waals surface area (Å²) in [5, 5.41) is 10.9. The van der Waals surface area contributed by atoms with Crippen molar-refractivity contribution < 1.29 is 9.72 Å². The Bertz CT molecular complexity index is 1160. The number of amides is 1. The van der Waals surface area contributed by atoms with E-state index >= 15 is 0 Å². The first-order valence-corrected chi connectivity index (χ1v) is 11.9. The molecular weight excluding hydrogens is 426 g/mol. The first kappa shape index (κ1) is 23.5. The SMILES string of the molecule is Cc1cccc(Cn2cccc2CN(C(=O)C=Cc2ccc([N+](=O)[O-])cc2)C2CCCCC2)c1. The summed E-state index contributed by atoms with van der Waals surface area (Å²) >= 11 is 0. The highest BCUT2D eigenvalue weighted by Crippen LogP contribution is 2.25. The zero-order chi connectivity index (χ0) is 23.9. The number of aromatic nitrogens is 1. The van der Waals surface area contributed by atoms with E-state index < -0.39 is 4.92 Å². The van der Waals surface area contributed by atoms with Gasteiger partial charge in [-0.1, -0.05) is 49.1 Å². The third kappa shape index (κ3) is 6.01. The number of nitro groups is 1. The van der Waals surface area contributed by atoms with Crippen LogP contribution in [0.3, 0.4) is 0 Å². The van der Waals surface area contributed by atoms with Crippen LogP contribution in [-0.4, -0.2) is 26.3 Å². The van der Waals surface area contributed by atoms with Crippen LogP contribution in [0.5, 0.6) is 0 Å². The highest BCUT2D eigenvalue weighted by molar-refractivity contribution is 5.92. The van der Waals surface area contributed by atoms with Crippen molar-refractivity contribution in [1.82, 2.24) is 9.47 Å². The standard InChI is InChI=1S/C28H31N3O3/c1-22-7-5-8-24(19-22)20-29-18-6-11-27(29)21-30(25-9-3-2-4-10-25)28(32)17-14-23-12-15-26(16-13-23)31(33)34/h5-8,11-19,25H,2-4,9-10,20-21H2,1H3. The Labute approximate surface area is 200 Å². The van der Waals surface area contributed by atoms with Crippen molar-refractivity contribution >= 4 is 17.7 Å². The Balaban J connectivity index is 1.52. The zero-order valence-corrected chi connectivity index (χ0v) is 19.6. The van der Waals surface area contributed by atoms with E-state index in [2.05, 4.69) is 48.0 Å². The summed E-state index contributed by atoms with van der Waals surface area (Å²) in [4.78, 5) is 25.8. The van der Waals surface area contributed by atoms with Crippen LogP contribution in [0.2, 0.25) is 0 Å². The molecule has 0 atom stereocenters. The van der Waals surface area contributed by atoms with E-state index in [9.17, 15) is 14.9 Å². The first-order chi connectivity index (χ1) is 16.5. The van der Waals surface area contributed by atoms with Crippen molar-refractivity contribution in [2.45, 2.75) is 58.2 Å². The molecule has 0 spiro atoms. The molecule has 0 saturated heterocycles. The smallest absolute Gasteiger partial charge is 0.269 e. The van der Waals surface area contributed by atoms with Crippen molar-refractivity contribution in [3.63, 3.8) is 0 Å². The number of rotatable bonds is 8. The number of non-ortho nitro benzene ring substituents is 1. The number of hydrogen-bond donors (Lipinski definition) is 0. The zero-order valence-electron chi connectivity index (χ0n) is 19.6. The molecule has 1 fully saturated rings. The molecule has 2 aromatic carbocycles. The number of aryl methyl sites for hydroxylation is 1. The van der Waals surface area contributed by atoms with Gasteiger partial charge >= 0.3 is 0 Å². The van der Waals surface area contributed by atoms with Gasteiger partial charge in [0.05, 0.1) is 11.5 Å². The highest BCUT2D eigenvalue weighted by atomic mass is 16.6. The molecule has 34 heavy (non-hydrogen) atoms. The Hall–Kier alpha value is -3.67. The maximum atomic E-state index is 13.4. The summed E-state index contributed by atoms with van der Waals surface area (Å²) in [5.41, 5.74) is 4.41. The van der Waals surface area contributed by atoms with Gasteiger partial charge < -0.3 is 9.47 Å². The predicted octanol–water partition coefficient (Wildman–Crippen LogP) is 6.13. The van der Waals surface area contributed by atoms with E-state index in [-0.39, 0.29) is 17.6 Å². The van der Waals surface area contributed by atoms with Gasteiger partial charge in [0, 0.05) is 42.7 Å². The highest BCUT2D eigenvalue weighted by Gasteiger charge is 2.25. The number of hydrogen-bond acceptors (Lipinski definition) is 3. The molecule has 0 N–H and O–H groups in total. The number of carbonyl (C=O) groups is 1. The lowest BCUT2D eigenvalue weighted by Crippen LogP contribution is -2.40. The van der Waals surface area contributed by atoms with Gasteiger partial charge in [-0.05, 0) is 61.2 Å². The topological polar surface area (TPSA) is 68.4 Å². The molecule has 1 aromatic heterocycles. The van der Waals surface area contributed by atoms with Gasteiger partial charge in [0.2, 0.25) is 5.91 Å². The number of nitrogens with zero attached hydrogens (tertiary/aromatic N) is 3. The fourth-order valence-electron chi connectivity index (χ4n) is 4.68. The monoisotopic (exact) mass is 457 g/mol. The average molecular weight is 458 g/mol. The molecule has 0 bridgehead atoms. The molecule has 0 aliphatic heterocycles. The van der Waals surface area contributed by atoms with Gasteiger partial charge in [-0.2, -0.15) is 0 Å². The largest absolute Gasteiger partial charge is 0.345 e. The van der Waals surface area contributed by atoms with Gasteiger partial charge in [-0.25, -0.2) is 0 Å². The molecule has 6 nitrogen and oxygen atoms in total. The summed E-state index contributed by atoms with van der Waals surface area (Å²) < 4.78 is 2.22. The maximum absolute atomic E-state index is 13.4. The van der Waals surface area contributed by atoms with E-state index in [1.165, 1.54) is 29.7 Å². The molecule has 1 aliphatic rings. The minimum absolute atomic E-state index is 0.0199. The van der Waals surface area contributed by atoms with E-state index in [4.69, 9.17) is 0 Å². The van der Waals surface area contributed by atoms with Crippen LogP contribution in [0.25, 0.3) is 6.08 Å². The summed E-state index contributed by atoms with van der Waals surface area (Å²) in [6.45, 7) is 3.43. The molecule has 176 valence electrons. The lowest BCUT2D eigenvalue weighted by molar-refractivity contribution is -0.384. The summed E-state index contributed by atoms with van der Waals surface area (Å²) in [6.07, 6.45) is 11.0. The fourth-order valence-corrected chi connectivity index (χ4v) is 4.68. The van der Waals surface area contributed by atoms with Crippen molar-refractivity contribution in [3.8, 4) is 0 Å². The van der Waals surface area contributed by atoms with E-state index in [0.29, 0.717) is 6.54 Å². The van der Waals surface area contributed by atoms with Crippen LogP contribution in [0.15, 0.2) is 72.9 Å². The van der Waals surface area contributed by atoms with E-state index in [1.54, 1.807) is 24.3 Å². The second-order valence-electron chi connectivity index (χ2n) is 9.06. The molecular formula is C28H31N3O3. The fraction of sp³-hybridized carbons (Fsp3) is 0.321. The minimum Gasteiger partial charge on any atom is -0.345 e. The molecule has 1 saturated carbocycles. The van der Waals surface area contributed by atoms with Crippen LogP contribution in [-0.2, 0) is 17.9 Å². The molecule has 4 rings (SSSR count). The van der Waals surface area contributed by atoms with Crippen LogP contribution >= 0.6 is 0 Å². The molecule has 0 radical (unpaired) electrons. The maximum Gasteiger partial charge on any atom is 0.269 e. The Morgan fingerprint density at radius 3 is 2.56 bits per heavy atom. The minimum atomic E-state index is -0.421. The molecule has 1 amide bonds. The summed E-state index contributed by atoms with van der Waals surface area (Å²) in [6, 6.07) is 19.1. The Morgan fingerprint density at radius 1 is 1.09 bits per heavy atom. The third-order valence-corrected chi connectivity index (χ3v) is 6.51. The third-order valence-electron chi connectivity index (χ3n) is 6.51. The van der Waals surface area contributed by atoms with Crippen LogP contribution in [0.4, 0.5) is 5.69 Å². The molecule has 6 heteroatoms. The van der Waals surface area contributed by atoms with Gasteiger partial charge in [-0.3, -0.25) is 14.9 Å². The Kier molecular flexibility index (Phi) is 7.58. The molecule has 0 unspecified atom stereocenters. The van der Waals surface area contributed by atoms with Crippen molar-refractivity contribution in [2.75, 3.05) is 0 Å². The van der Waals surface area contributed by atoms with Gasteiger partial charge in [0.15, 0.2) is 0 Å². The van der Waals surface area contributed by atoms with Crippen molar-refractivity contribution in [2.24, 2.45) is 0 Å².